The minimum absolute atomic E-state index is 0.0344. The molecule has 0 unspecified atom stereocenters. The summed E-state index contributed by atoms with van der Waals surface area (Å²) in [6.45, 7) is 5.32. The van der Waals surface area contributed by atoms with Crippen molar-refractivity contribution in [3.8, 4) is 0 Å². The molecule has 114 valence electrons. The van der Waals surface area contributed by atoms with Crippen molar-refractivity contribution < 1.29 is 0 Å². The van der Waals surface area contributed by atoms with Crippen LogP contribution < -0.4 is 5.73 Å². The second-order valence-electron chi connectivity index (χ2n) is 6.45. The van der Waals surface area contributed by atoms with Gasteiger partial charge in [-0.05, 0) is 39.9 Å². The number of nitrogens with two attached hydrogens (primary N) is 1. The molecule has 4 heteroatoms. The van der Waals surface area contributed by atoms with E-state index in [0.29, 0.717) is 0 Å². The first-order chi connectivity index (χ1) is 9.90. The van der Waals surface area contributed by atoms with Crippen LogP contribution in [0.4, 0.5) is 0 Å². The van der Waals surface area contributed by atoms with Gasteiger partial charge in [-0.25, -0.2) is 4.98 Å². The summed E-state index contributed by atoms with van der Waals surface area (Å²) in [5, 5.41) is 0. The molecule has 2 rings (SSSR count). The summed E-state index contributed by atoms with van der Waals surface area (Å²) in [5.41, 5.74) is 8.80. The summed E-state index contributed by atoms with van der Waals surface area (Å²) >= 11 is 0. The third-order valence-electron chi connectivity index (χ3n) is 4.19. The van der Waals surface area contributed by atoms with E-state index in [0.717, 1.165) is 18.7 Å². The van der Waals surface area contributed by atoms with Gasteiger partial charge in [-0.2, -0.15) is 0 Å². The summed E-state index contributed by atoms with van der Waals surface area (Å²) in [4.78, 5) is 6.51. The van der Waals surface area contributed by atoms with E-state index >= 15 is 0 Å². The van der Waals surface area contributed by atoms with Gasteiger partial charge in [-0.3, -0.25) is 0 Å². The fourth-order valence-corrected chi connectivity index (χ4v) is 2.30. The van der Waals surface area contributed by atoms with Gasteiger partial charge in [0.15, 0.2) is 0 Å². The lowest BCUT2D eigenvalue weighted by Crippen LogP contribution is -2.42. The van der Waals surface area contributed by atoms with Crippen molar-refractivity contribution in [3.05, 3.63) is 54.1 Å². The molecule has 2 aromatic rings. The predicted octanol–water partition coefficient (Wildman–Crippen LogP) is 2.47. The molecular weight excluding hydrogens is 260 g/mol. The SMILES string of the molecule is CN(C)C(C)(C)Cn1cncc1[C@H](N)Cc1ccccc1. The Morgan fingerprint density at radius 2 is 1.90 bits per heavy atom. The van der Waals surface area contributed by atoms with E-state index < -0.39 is 0 Å². The second-order valence-corrected chi connectivity index (χ2v) is 6.45. The minimum Gasteiger partial charge on any atom is -0.331 e. The van der Waals surface area contributed by atoms with Crippen molar-refractivity contribution in [2.45, 2.75) is 38.4 Å². The fraction of sp³-hybridized carbons (Fsp3) is 0.471. The standard InChI is InChI=1S/C17H26N4/c1-17(2,20(3)4)12-21-13-19-11-16(21)15(18)10-14-8-6-5-7-9-14/h5-9,11,13,15H,10,12,18H2,1-4H3/t15-/m1/s1. The van der Waals surface area contributed by atoms with Crippen molar-refractivity contribution in [1.82, 2.24) is 14.5 Å². The lowest BCUT2D eigenvalue weighted by atomic mass is 10.0. The number of imidazole rings is 1. The summed E-state index contributed by atoms with van der Waals surface area (Å²) in [7, 11) is 4.20. The number of aromatic nitrogens is 2. The van der Waals surface area contributed by atoms with Crippen LogP contribution in [0, 0.1) is 0 Å². The highest BCUT2D eigenvalue weighted by Crippen LogP contribution is 2.20. The Balaban J connectivity index is 2.13. The number of nitrogens with zero attached hydrogens (tertiary/aromatic N) is 3. The van der Waals surface area contributed by atoms with Crippen molar-refractivity contribution in [2.24, 2.45) is 5.73 Å². The van der Waals surface area contributed by atoms with E-state index in [1.54, 1.807) is 0 Å². The molecule has 0 saturated carbocycles. The van der Waals surface area contributed by atoms with Crippen LogP contribution in [0.3, 0.4) is 0 Å². The normalized spacial score (nSPS) is 13.6. The van der Waals surface area contributed by atoms with Crippen LogP contribution in [-0.2, 0) is 13.0 Å². The van der Waals surface area contributed by atoms with Gasteiger partial charge >= 0.3 is 0 Å². The van der Waals surface area contributed by atoms with Gasteiger partial charge in [0.2, 0.25) is 0 Å². The summed E-state index contributed by atoms with van der Waals surface area (Å²) in [5.74, 6) is 0. The summed E-state index contributed by atoms with van der Waals surface area (Å²) in [6.07, 6.45) is 4.60. The topological polar surface area (TPSA) is 47.1 Å². The van der Waals surface area contributed by atoms with Gasteiger partial charge in [0.1, 0.15) is 0 Å². The van der Waals surface area contributed by atoms with Crippen LogP contribution in [0.1, 0.15) is 31.1 Å². The zero-order valence-corrected chi connectivity index (χ0v) is 13.5. The Kier molecular flexibility index (Phi) is 4.80. The molecular formula is C17H26N4. The molecule has 0 saturated heterocycles. The van der Waals surface area contributed by atoms with Crippen LogP contribution in [0.25, 0.3) is 0 Å². The van der Waals surface area contributed by atoms with Crippen LogP contribution in [0.5, 0.6) is 0 Å². The van der Waals surface area contributed by atoms with Gasteiger partial charge in [0.05, 0.1) is 18.1 Å². The second kappa shape index (κ2) is 6.41. The van der Waals surface area contributed by atoms with Crippen molar-refractivity contribution in [3.63, 3.8) is 0 Å². The van der Waals surface area contributed by atoms with Gasteiger partial charge in [-0.1, -0.05) is 30.3 Å². The number of hydrogen-bond acceptors (Lipinski definition) is 3. The van der Waals surface area contributed by atoms with E-state index in [1.165, 1.54) is 5.56 Å². The lowest BCUT2D eigenvalue weighted by Gasteiger charge is -2.33. The first-order valence-electron chi connectivity index (χ1n) is 7.37. The highest BCUT2D eigenvalue weighted by molar-refractivity contribution is 5.18. The minimum atomic E-state index is -0.0344. The molecule has 1 aromatic carbocycles. The fourth-order valence-electron chi connectivity index (χ4n) is 2.30. The van der Waals surface area contributed by atoms with Crippen molar-refractivity contribution in [2.75, 3.05) is 14.1 Å². The largest absolute Gasteiger partial charge is 0.331 e. The van der Waals surface area contributed by atoms with Crippen molar-refractivity contribution in [1.29, 1.82) is 0 Å². The van der Waals surface area contributed by atoms with E-state index in [-0.39, 0.29) is 11.6 Å². The molecule has 0 aliphatic rings. The van der Waals surface area contributed by atoms with Crippen molar-refractivity contribution >= 4 is 0 Å². The predicted molar refractivity (Wildman–Crippen MR) is 87.1 cm³/mol. The Labute approximate surface area is 127 Å². The molecule has 0 spiro atoms. The van der Waals surface area contributed by atoms with Crippen LogP contribution in [0.2, 0.25) is 0 Å². The zero-order chi connectivity index (χ0) is 15.5. The third kappa shape index (κ3) is 3.93. The summed E-state index contributed by atoms with van der Waals surface area (Å²) in [6, 6.07) is 10.3. The molecule has 1 heterocycles. The molecule has 0 aliphatic heterocycles. The number of likely N-dealkylation sites (N-methyl/N-ethyl adjacent to an activating group) is 1. The van der Waals surface area contributed by atoms with Gasteiger partial charge in [0, 0.05) is 18.3 Å². The highest BCUT2D eigenvalue weighted by Gasteiger charge is 2.23. The summed E-state index contributed by atoms with van der Waals surface area (Å²) < 4.78 is 2.17. The Morgan fingerprint density at radius 1 is 1.24 bits per heavy atom. The molecule has 1 aromatic heterocycles. The molecule has 0 aliphatic carbocycles. The number of benzene rings is 1. The van der Waals surface area contributed by atoms with E-state index in [2.05, 4.69) is 66.7 Å². The first-order valence-corrected chi connectivity index (χ1v) is 7.37. The molecule has 1 atom stereocenters. The smallest absolute Gasteiger partial charge is 0.0949 e. The molecule has 2 N–H and O–H groups in total. The molecule has 0 bridgehead atoms. The monoisotopic (exact) mass is 286 g/mol. The average molecular weight is 286 g/mol. The third-order valence-corrected chi connectivity index (χ3v) is 4.19. The number of rotatable bonds is 6. The van der Waals surface area contributed by atoms with Gasteiger partial charge in [-0.15, -0.1) is 0 Å². The van der Waals surface area contributed by atoms with Gasteiger partial charge < -0.3 is 15.2 Å². The van der Waals surface area contributed by atoms with Gasteiger partial charge in [0.25, 0.3) is 0 Å². The molecule has 0 fully saturated rings. The maximum Gasteiger partial charge on any atom is 0.0949 e. The van der Waals surface area contributed by atoms with E-state index in [1.807, 2.05) is 18.6 Å². The number of hydrogen-bond donors (Lipinski definition) is 1. The van der Waals surface area contributed by atoms with Crippen LogP contribution >= 0.6 is 0 Å². The molecule has 0 radical (unpaired) electrons. The zero-order valence-electron chi connectivity index (χ0n) is 13.5. The Morgan fingerprint density at radius 3 is 2.52 bits per heavy atom. The first kappa shape index (κ1) is 15.7. The van der Waals surface area contributed by atoms with E-state index in [9.17, 15) is 0 Å². The maximum absolute atomic E-state index is 6.39. The van der Waals surface area contributed by atoms with Crippen LogP contribution in [0.15, 0.2) is 42.9 Å². The lowest BCUT2D eigenvalue weighted by molar-refractivity contribution is 0.167. The highest BCUT2D eigenvalue weighted by atomic mass is 15.2. The molecule has 21 heavy (non-hydrogen) atoms. The van der Waals surface area contributed by atoms with E-state index in [4.69, 9.17) is 5.73 Å². The maximum atomic E-state index is 6.39. The molecule has 0 amide bonds. The molecule has 4 nitrogen and oxygen atoms in total. The average Bonchev–Trinajstić information content (AvgIpc) is 2.87. The Hall–Kier alpha value is -1.65. The Bertz CT molecular complexity index is 557. The van der Waals surface area contributed by atoms with Crippen LogP contribution in [-0.4, -0.2) is 34.1 Å². The quantitative estimate of drug-likeness (QED) is 0.887.